The Bertz CT molecular complexity index is 700. The van der Waals surface area contributed by atoms with Crippen molar-refractivity contribution in [2.75, 3.05) is 5.32 Å². The van der Waals surface area contributed by atoms with Crippen LogP contribution in [0.2, 0.25) is 0 Å². The second-order valence-electron chi connectivity index (χ2n) is 5.17. The van der Waals surface area contributed by atoms with Crippen LogP contribution in [0.15, 0.2) is 42.7 Å². The number of hydrogen-bond donors (Lipinski definition) is 2. The number of anilines is 1. The van der Waals surface area contributed by atoms with Crippen LogP contribution in [0.4, 0.5) is 5.69 Å². The Balaban J connectivity index is 2.41. The SMILES string of the molecule is CC(C)(Nc1ccncc1-c1ccc(C#N)cc1)C(=O)O. The summed E-state index contributed by atoms with van der Waals surface area (Å²) in [7, 11) is 0. The Morgan fingerprint density at radius 1 is 1.29 bits per heavy atom. The molecule has 106 valence electrons. The molecular weight excluding hydrogens is 266 g/mol. The minimum atomic E-state index is -1.09. The monoisotopic (exact) mass is 281 g/mol. The third-order valence-electron chi connectivity index (χ3n) is 3.13. The van der Waals surface area contributed by atoms with Crippen LogP contribution in [0.3, 0.4) is 0 Å². The first-order chi connectivity index (χ1) is 9.94. The lowest BCUT2D eigenvalue weighted by Gasteiger charge is -2.24. The number of rotatable bonds is 4. The third-order valence-corrected chi connectivity index (χ3v) is 3.13. The Labute approximate surface area is 122 Å². The number of aliphatic carboxylic acids is 1. The minimum Gasteiger partial charge on any atom is -0.480 e. The topological polar surface area (TPSA) is 86.0 Å². The Kier molecular flexibility index (Phi) is 3.90. The standard InChI is InChI=1S/C16H15N3O2/c1-16(2,15(20)21)19-14-7-8-18-10-13(14)12-5-3-11(9-17)4-6-12/h3-8,10H,1-2H3,(H,18,19)(H,20,21). The summed E-state index contributed by atoms with van der Waals surface area (Å²) in [6.07, 6.45) is 3.27. The normalized spacial score (nSPS) is 10.7. The van der Waals surface area contributed by atoms with E-state index in [1.165, 1.54) is 0 Å². The summed E-state index contributed by atoms with van der Waals surface area (Å²) in [6.45, 7) is 3.19. The molecule has 0 spiro atoms. The summed E-state index contributed by atoms with van der Waals surface area (Å²) in [5.74, 6) is -0.940. The van der Waals surface area contributed by atoms with Gasteiger partial charge in [-0.05, 0) is 37.6 Å². The number of carbonyl (C=O) groups is 1. The number of carboxylic acids is 1. The molecule has 1 aromatic carbocycles. The van der Waals surface area contributed by atoms with Crippen molar-refractivity contribution in [3.8, 4) is 17.2 Å². The molecule has 0 bridgehead atoms. The van der Waals surface area contributed by atoms with Crippen molar-refractivity contribution in [2.24, 2.45) is 0 Å². The second-order valence-corrected chi connectivity index (χ2v) is 5.17. The predicted molar refractivity (Wildman–Crippen MR) is 79.7 cm³/mol. The lowest BCUT2D eigenvalue weighted by Crippen LogP contribution is -2.40. The quantitative estimate of drug-likeness (QED) is 0.900. The van der Waals surface area contributed by atoms with Crippen molar-refractivity contribution in [2.45, 2.75) is 19.4 Å². The number of carboxylic acid groups (broad SMARTS) is 1. The number of nitriles is 1. The van der Waals surface area contributed by atoms with Gasteiger partial charge < -0.3 is 10.4 Å². The molecule has 0 amide bonds. The summed E-state index contributed by atoms with van der Waals surface area (Å²) in [5, 5.41) is 21.1. The largest absolute Gasteiger partial charge is 0.480 e. The van der Waals surface area contributed by atoms with E-state index in [9.17, 15) is 9.90 Å². The van der Waals surface area contributed by atoms with E-state index < -0.39 is 11.5 Å². The lowest BCUT2D eigenvalue weighted by atomic mass is 10.0. The number of pyridine rings is 1. The Hall–Kier alpha value is -2.87. The number of aromatic nitrogens is 1. The van der Waals surface area contributed by atoms with Crippen LogP contribution in [0.5, 0.6) is 0 Å². The Morgan fingerprint density at radius 2 is 1.95 bits per heavy atom. The highest BCUT2D eigenvalue weighted by Crippen LogP contribution is 2.29. The van der Waals surface area contributed by atoms with Gasteiger partial charge in [0.25, 0.3) is 0 Å². The van der Waals surface area contributed by atoms with Gasteiger partial charge in [-0.15, -0.1) is 0 Å². The van der Waals surface area contributed by atoms with Crippen molar-refractivity contribution in [1.82, 2.24) is 4.98 Å². The molecule has 0 aliphatic carbocycles. The molecule has 0 atom stereocenters. The predicted octanol–water partition coefficient (Wildman–Crippen LogP) is 2.90. The molecule has 1 heterocycles. The van der Waals surface area contributed by atoms with Crippen LogP contribution >= 0.6 is 0 Å². The van der Waals surface area contributed by atoms with Gasteiger partial charge in [0.15, 0.2) is 0 Å². The third kappa shape index (κ3) is 3.18. The van der Waals surface area contributed by atoms with E-state index >= 15 is 0 Å². The van der Waals surface area contributed by atoms with Gasteiger partial charge in [-0.3, -0.25) is 4.98 Å². The van der Waals surface area contributed by atoms with Crippen LogP contribution in [0, 0.1) is 11.3 Å². The van der Waals surface area contributed by atoms with E-state index in [4.69, 9.17) is 5.26 Å². The second kappa shape index (κ2) is 5.63. The number of hydrogen-bond acceptors (Lipinski definition) is 4. The zero-order valence-electron chi connectivity index (χ0n) is 11.8. The van der Waals surface area contributed by atoms with E-state index in [0.717, 1.165) is 11.1 Å². The fraction of sp³-hybridized carbons (Fsp3) is 0.188. The molecule has 0 saturated heterocycles. The summed E-state index contributed by atoms with van der Waals surface area (Å²) in [6, 6.07) is 10.9. The molecule has 5 heteroatoms. The average molecular weight is 281 g/mol. The molecule has 1 aromatic heterocycles. The van der Waals surface area contributed by atoms with Crippen molar-refractivity contribution in [3.05, 3.63) is 48.3 Å². The van der Waals surface area contributed by atoms with E-state index in [1.807, 2.05) is 12.1 Å². The van der Waals surface area contributed by atoms with Gasteiger partial charge in [0.2, 0.25) is 0 Å². The van der Waals surface area contributed by atoms with Crippen LogP contribution in [0.1, 0.15) is 19.4 Å². The van der Waals surface area contributed by atoms with Crippen molar-refractivity contribution in [3.63, 3.8) is 0 Å². The zero-order valence-corrected chi connectivity index (χ0v) is 11.8. The molecule has 2 N–H and O–H groups in total. The highest BCUT2D eigenvalue weighted by molar-refractivity contribution is 5.85. The van der Waals surface area contributed by atoms with E-state index in [0.29, 0.717) is 11.3 Å². The number of benzene rings is 1. The lowest BCUT2D eigenvalue weighted by molar-refractivity contribution is -0.141. The van der Waals surface area contributed by atoms with E-state index in [-0.39, 0.29) is 0 Å². The van der Waals surface area contributed by atoms with E-state index in [2.05, 4.69) is 16.4 Å². The van der Waals surface area contributed by atoms with Crippen LogP contribution in [0.25, 0.3) is 11.1 Å². The first-order valence-corrected chi connectivity index (χ1v) is 6.40. The fourth-order valence-corrected chi connectivity index (χ4v) is 1.85. The smallest absolute Gasteiger partial charge is 0.328 e. The molecular formula is C16H15N3O2. The molecule has 0 fully saturated rings. The molecule has 0 radical (unpaired) electrons. The van der Waals surface area contributed by atoms with Crippen LogP contribution in [-0.2, 0) is 4.79 Å². The minimum absolute atomic E-state index is 0.572. The van der Waals surface area contributed by atoms with Gasteiger partial charge in [0.1, 0.15) is 5.54 Å². The fourth-order valence-electron chi connectivity index (χ4n) is 1.85. The molecule has 21 heavy (non-hydrogen) atoms. The number of nitrogens with one attached hydrogen (secondary N) is 1. The molecule has 0 unspecified atom stereocenters. The van der Waals surface area contributed by atoms with Crippen molar-refractivity contribution >= 4 is 11.7 Å². The highest BCUT2D eigenvalue weighted by Gasteiger charge is 2.27. The Morgan fingerprint density at radius 3 is 2.52 bits per heavy atom. The van der Waals surface area contributed by atoms with Gasteiger partial charge in [0.05, 0.1) is 11.6 Å². The maximum atomic E-state index is 11.2. The van der Waals surface area contributed by atoms with Gasteiger partial charge in [-0.2, -0.15) is 5.26 Å². The first-order valence-electron chi connectivity index (χ1n) is 6.40. The molecule has 2 aromatic rings. The maximum absolute atomic E-state index is 11.2. The summed E-state index contributed by atoms with van der Waals surface area (Å²) in [5.41, 5.74) is 1.81. The van der Waals surface area contributed by atoms with Crippen LogP contribution in [-0.4, -0.2) is 21.6 Å². The van der Waals surface area contributed by atoms with Gasteiger partial charge in [0, 0.05) is 23.6 Å². The molecule has 5 nitrogen and oxygen atoms in total. The average Bonchev–Trinajstić information content (AvgIpc) is 2.47. The van der Waals surface area contributed by atoms with Gasteiger partial charge in [-0.1, -0.05) is 12.1 Å². The summed E-state index contributed by atoms with van der Waals surface area (Å²) < 4.78 is 0. The maximum Gasteiger partial charge on any atom is 0.328 e. The first kappa shape index (κ1) is 14.5. The van der Waals surface area contributed by atoms with Crippen LogP contribution < -0.4 is 5.32 Å². The van der Waals surface area contributed by atoms with Crippen molar-refractivity contribution in [1.29, 1.82) is 5.26 Å². The summed E-state index contributed by atoms with van der Waals surface area (Å²) in [4.78, 5) is 15.3. The van der Waals surface area contributed by atoms with Crippen molar-refractivity contribution < 1.29 is 9.90 Å². The molecule has 2 rings (SSSR count). The highest BCUT2D eigenvalue weighted by atomic mass is 16.4. The zero-order chi connectivity index (χ0) is 15.5. The van der Waals surface area contributed by atoms with E-state index in [1.54, 1.807) is 44.4 Å². The number of nitrogens with zero attached hydrogens (tertiary/aromatic N) is 2. The molecule has 0 aliphatic rings. The van der Waals surface area contributed by atoms with Gasteiger partial charge >= 0.3 is 5.97 Å². The summed E-state index contributed by atoms with van der Waals surface area (Å²) >= 11 is 0. The molecule has 0 aliphatic heterocycles. The van der Waals surface area contributed by atoms with Gasteiger partial charge in [-0.25, -0.2) is 4.79 Å². The molecule has 0 saturated carbocycles.